The zero-order valence-electron chi connectivity index (χ0n) is 10.5. The number of likely N-dealkylation sites (tertiary alicyclic amines) is 1. The van der Waals surface area contributed by atoms with Crippen LogP contribution in [0.5, 0.6) is 0 Å². The molecule has 2 fully saturated rings. The van der Waals surface area contributed by atoms with Gasteiger partial charge in [-0.05, 0) is 24.7 Å². The number of nitrogens with zero attached hydrogens (tertiary/aromatic N) is 2. The second-order valence-corrected chi connectivity index (χ2v) is 4.99. The van der Waals surface area contributed by atoms with E-state index in [2.05, 4.69) is 15.2 Å². The zero-order chi connectivity index (χ0) is 11.4. The van der Waals surface area contributed by atoms with Crippen molar-refractivity contribution in [2.75, 3.05) is 40.4 Å². The van der Waals surface area contributed by atoms with Crippen LogP contribution in [0.25, 0.3) is 0 Å². The van der Waals surface area contributed by atoms with E-state index in [0.717, 1.165) is 25.7 Å². The number of hydrogen-bond donors (Lipinski definition) is 1. The molecular formula is C12H23N3O. The topological polar surface area (TPSA) is 36.9 Å². The minimum Gasteiger partial charge on any atom is -0.383 e. The van der Waals surface area contributed by atoms with E-state index in [-0.39, 0.29) is 0 Å². The van der Waals surface area contributed by atoms with Crippen LogP contribution in [0, 0.1) is 5.41 Å². The van der Waals surface area contributed by atoms with Crippen LogP contribution in [-0.2, 0) is 4.74 Å². The molecule has 2 aliphatic rings. The number of aliphatic imine (C=N–C) groups is 1. The van der Waals surface area contributed by atoms with Crippen LogP contribution in [0.1, 0.15) is 25.7 Å². The molecule has 1 aliphatic carbocycles. The fourth-order valence-corrected chi connectivity index (χ4v) is 2.80. The van der Waals surface area contributed by atoms with Crippen molar-refractivity contribution in [2.45, 2.75) is 25.7 Å². The van der Waals surface area contributed by atoms with Gasteiger partial charge in [0.15, 0.2) is 5.96 Å². The Labute approximate surface area is 98.1 Å². The molecule has 4 nitrogen and oxygen atoms in total. The first-order valence-electron chi connectivity index (χ1n) is 6.24. The average Bonchev–Trinajstić information content (AvgIpc) is 2.69. The molecule has 1 heterocycles. The number of hydrogen-bond acceptors (Lipinski definition) is 2. The summed E-state index contributed by atoms with van der Waals surface area (Å²) in [5.74, 6) is 1.04. The normalized spacial score (nSPS) is 23.6. The predicted octanol–water partition coefficient (Wildman–Crippen LogP) is 1.08. The second kappa shape index (κ2) is 5.04. The Hall–Kier alpha value is -0.770. The van der Waals surface area contributed by atoms with E-state index >= 15 is 0 Å². The van der Waals surface area contributed by atoms with Gasteiger partial charge in [0.05, 0.1) is 6.61 Å². The third kappa shape index (κ3) is 2.32. The minimum absolute atomic E-state index is 0.638. The molecule has 1 N–H and O–H groups in total. The summed E-state index contributed by atoms with van der Waals surface area (Å²) in [6.07, 6.45) is 5.60. The lowest BCUT2D eigenvalue weighted by Gasteiger charge is -2.38. The summed E-state index contributed by atoms with van der Waals surface area (Å²) in [5.41, 5.74) is 0.638. The summed E-state index contributed by atoms with van der Waals surface area (Å²) in [6, 6.07) is 0. The minimum atomic E-state index is 0.638. The molecule has 0 amide bonds. The summed E-state index contributed by atoms with van der Waals surface area (Å²) in [7, 11) is 3.59. The van der Waals surface area contributed by atoms with Crippen LogP contribution in [-0.4, -0.2) is 51.3 Å². The quantitative estimate of drug-likeness (QED) is 0.444. The second-order valence-electron chi connectivity index (χ2n) is 4.99. The van der Waals surface area contributed by atoms with Gasteiger partial charge in [-0.15, -0.1) is 0 Å². The molecule has 1 saturated heterocycles. The van der Waals surface area contributed by atoms with Gasteiger partial charge in [-0.25, -0.2) is 0 Å². The summed E-state index contributed by atoms with van der Waals surface area (Å²) in [5, 5.41) is 3.35. The van der Waals surface area contributed by atoms with E-state index in [0.29, 0.717) is 5.41 Å². The molecule has 4 heteroatoms. The van der Waals surface area contributed by atoms with E-state index in [1.807, 2.05) is 7.05 Å². The monoisotopic (exact) mass is 225 g/mol. The smallest absolute Gasteiger partial charge is 0.193 e. The summed E-state index contributed by atoms with van der Waals surface area (Å²) < 4.78 is 5.04. The van der Waals surface area contributed by atoms with Crippen LogP contribution in [0.3, 0.4) is 0 Å². The van der Waals surface area contributed by atoms with Gasteiger partial charge < -0.3 is 15.0 Å². The molecule has 0 unspecified atom stereocenters. The Kier molecular flexibility index (Phi) is 3.69. The molecule has 2 rings (SSSR count). The van der Waals surface area contributed by atoms with Crippen LogP contribution in [0.2, 0.25) is 0 Å². The van der Waals surface area contributed by atoms with Crippen molar-refractivity contribution in [3.05, 3.63) is 0 Å². The SMILES string of the molecule is CN=C(NCCOC)N1CCC2(CCC2)C1. The standard InChI is InChI=1S/C12H23N3O/c1-13-11(14-7-9-16-2)15-8-6-12(10-15)4-3-5-12/h3-10H2,1-2H3,(H,13,14). The predicted molar refractivity (Wildman–Crippen MR) is 65.7 cm³/mol. The van der Waals surface area contributed by atoms with Crippen LogP contribution >= 0.6 is 0 Å². The van der Waals surface area contributed by atoms with Gasteiger partial charge in [0, 0.05) is 33.8 Å². The van der Waals surface area contributed by atoms with Crippen molar-refractivity contribution in [1.29, 1.82) is 0 Å². The number of guanidine groups is 1. The maximum absolute atomic E-state index is 5.04. The van der Waals surface area contributed by atoms with Gasteiger partial charge in [0.1, 0.15) is 0 Å². The molecule has 0 aromatic heterocycles. The van der Waals surface area contributed by atoms with Crippen LogP contribution in [0.15, 0.2) is 4.99 Å². The maximum atomic E-state index is 5.04. The summed E-state index contributed by atoms with van der Waals surface area (Å²) >= 11 is 0. The van der Waals surface area contributed by atoms with Gasteiger partial charge in [-0.1, -0.05) is 6.42 Å². The van der Waals surface area contributed by atoms with E-state index in [1.165, 1.54) is 32.2 Å². The Morgan fingerprint density at radius 2 is 2.25 bits per heavy atom. The number of ether oxygens (including phenoxy) is 1. The maximum Gasteiger partial charge on any atom is 0.193 e. The first-order chi connectivity index (χ1) is 7.79. The van der Waals surface area contributed by atoms with Crippen LogP contribution < -0.4 is 5.32 Å². The van der Waals surface area contributed by atoms with Crippen molar-refractivity contribution >= 4 is 5.96 Å². The molecule has 0 atom stereocenters. The molecule has 16 heavy (non-hydrogen) atoms. The first-order valence-corrected chi connectivity index (χ1v) is 6.24. The molecule has 92 valence electrons. The van der Waals surface area contributed by atoms with Gasteiger partial charge in [0.25, 0.3) is 0 Å². The molecule has 1 spiro atoms. The highest BCUT2D eigenvalue weighted by Crippen LogP contribution is 2.47. The highest BCUT2D eigenvalue weighted by molar-refractivity contribution is 5.80. The summed E-state index contributed by atoms with van der Waals surface area (Å²) in [4.78, 5) is 6.74. The fraction of sp³-hybridized carbons (Fsp3) is 0.917. The Balaban J connectivity index is 1.81. The lowest BCUT2D eigenvalue weighted by molar-refractivity contribution is 0.151. The van der Waals surface area contributed by atoms with Gasteiger partial charge >= 0.3 is 0 Å². The Morgan fingerprint density at radius 1 is 1.44 bits per heavy atom. The number of methoxy groups -OCH3 is 1. The van der Waals surface area contributed by atoms with Gasteiger partial charge in [0.2, 0.25) is 0 Å². The third-order valence-corrected chi connectivity index (χ3v) is 3.95. The molecule has 0 radical (unpaired) electrons. The molecule has 0 aromatic rings. The molecule has 0 bridgehead atoms. The Bertz CT molecular complexity index is 261. The molecular weight excluding hydrogens is 202 g/mol. The zero-order valence-corrected chi connectivity index (χ0v) is 10.5. The van der Waals surface area contributed by atoms with Crippen molar-refractivity contribution in [3.8, 4) is 0 Å². The van der Waals surface area contributed by atoms with Crippen molar-refractivity contribution in [2.24, 2.45) is 10.4 Å². The van der Waals surface area contributed by atoms with Crippen molar-refractivity contribution < 1.29 is 4.74 Å². The fourth-order valence-electron chi connectivity index (χ4n) is 2.80. The molecule has 1 saturated carbocycles. The average molecular weight is 225 g/mol. The third-order valence-electron chi connectivity index (χ3n) is 3.95. The first kappa shape index (κ1) is 11.7. The number of rotatable bonds is 3. The largest absolute Gasteiger partial charge is 0.383 e. The van der Waals surface area contributed by atoms with Crippen molar-refractivity contribution in [1.82, 2.24) is 10.2 Å². The molecule has 0 aromatic carbocycles. The van der Waals surface area contributed by atoms with Crippen LogP contribution in [0.4, 0.5) is 0 Å². The van der Waals surface area contributed by atoms with E-state index in [1.54, 1.807) is 7.11 Å². The Morgan fingerprint density at radius 3 is 2.75 bits per heavy atom. The van der Waals surface area contributed by atoms with E-state index in [9.17, 15) is 0 Å². The highest BCUT2D eigenvalue weighted by atomic mass is 16.5. The van der Waals surface area contributed by atoms with Gasteiger partial charge in [-0.2, -0.15) is 0 Å². The van der Waals surface area contributed by atoms with E-state index < -0.39 is 0 Å². The van der Waals surface area contributed by atoms with E-state index in [4.69, 9.17) is 4.74 Å². The summed E-state index contributed by atoms with van der Waals surface area (Å²) in [6.45, 7) is 3.93. The highest BCUT2D eigenvalue weighted by Gasteiger charge is 2.43. The van der Waals surface area contributed by atoms with Gasteiger partial charge in [-0.3, -0.25) is 4.99 Å². The lowest BCUT2D eigenvalue weighted by atomic mass is 9.68. The molecule has 1 aliphatic heterocycles. The number of nitrogens with one attached hydrogen (secondary N) is 1. The lowest BCUT2D eigenvalue weighted by Crippen LogP contribution is -2.43. The van der Waals surface area contributed by atoms with Crippen molar-refractivity contribution in [3.63, 3.8) is 0 Å².